The van der Waals surface area contributed by atoms with E-state index in [1.165, 1.54) is 16.9 Å². The van der Waals surface area contributed by atoms with Gasteiger partial charge in [0.2, 0.25) is 11.0 Å². The molecule has 2 aromatic heterocycles. The van der Waals surface area contributed by atoms with Crippen LogP contribution in [0.15, 0.2) is 69.6 Å². The first kappa shape index (κ1) is 16.8. The number of hydrogen-bond donors (Lipinski definition) is 1. The van der Waals surface area contributed by atoms with E-state index in [0.717, 1.165) is 26.5 Å². The summed E-state index contributed by atoms with van der Waals surface area (Å²) in [7, 11) is 0. The number of anilines is 2. The highest BCUT2D eigenvalue weighted by Gasteiger charge is 2.10. The van der Waals surface area contributed by atoms with E-state index in [1.54, 1.807) is 18.0 Å². The van der Waals surface area contributed by atoms with Crippen molar-refractivity contribution < 1.29 is 4.42 Å². The van der Waals surface area contributed by atoms with E-state index in [-0.39, 0.29) is 0 Å². The molecule has 0 saturated heterocycles. The van der Waals surface area contributed by atoms with Crippen LogP contribution >= 0.6 is 23.1 Å². The molecule has 0 aliphatic carbocycles. The number of aryl methyl sites for hydroxylation is 1. The van der Waals surface area contributed by atoms with Gasteiger partial charge in [0.1, 0.15) is 0 Å². The van der Waals surface area contributed by atoms with Gasteiger partial charge in [-0.2, -0.15) is 0 Å². The fourth-order valence-electron chi connectivity index (χ4n) is 2.32. The summed E-state index contributed by atoms with van der Waals surface area (Å²) in [5, 5.41) is 12.4. The Morgan fingerprint density at radius 2 is 1.85 bits per heavy atom. The Hall–Kier alpha value is -2.64. The highest BCUT2D eigenvalue weighted by atomic mass is 32.2. The van der Waals surface area contributed by atoms with Gasteiger partial charge >= 0.3 is 0 Å². The van der Waals surface area contributed by atoms with Crippen molar-refractivity contribution in [2.24, 2.45) is 0 Å². The minimum atomic E-state index is 0.617. The molecule has 26 heavy (non-hydrogen) atoms. The van der Waals surface area contributed by atoms with Gasteiger partial charge < -0.3 is 9.73 Å². The molecule has 0 amide bonds. The molecule has 0 radical (unpaired) electrons. The molecule has 0 unspecified atom stereocenters. The third-order valence-corrected chi connectivity index (χ3v) is 5.60. The van der Waals surface area contributed by atoms with Gasteiger partial charge in [-0.1, -0.05) is 71.1 Å². The van der Waals surface area contributed by atoms with Crippen LogP contribution in [-0.2, 0) is 5.75 Å². The van der Waals surface area contributed by atoms with E-state index in [2.05, 4.69) is 39.6 Å². The molecule has 0 atom stereocenters. The lowest BCUT2D eigenvalue weighted by atomic mass is 10.2. The van der Waals surface area contributed by atoms with E-state index >= 15 is 0 Å². The zero-order valence-electron chi connectivity index (χ0n) is 14.0. The topological polar surface area (TPSA) is 63.8 Å². The second-order valence-corrected chi connectivity index (χ2v) is 7.84. The molecule has 0 bridgehead atoms. The van der Waals surface area contributed by atoms with Gasteiger partial charge in [-0.05, 0) is 19.1 Å². The predicted molar refractivity (Wildman–Crippen MR) is 106 cm³/mol. The van der Waals surface area contributed by atoms with Crippen molar-refractivity contribution in [2.45, 2.75) is 17.0 Å². The van der Waals surface area contributed by atoms with Crippen LogP contribution < -0.4 is 5.32 Å². The Balaban J connectivity index is 1.36. The fraction of sp³-hybridized carbons (Fsp3) is 0.105. The molecule has 0 fully saturated rings. The van der Waals surface area contributed by atoms with E-state index in [1.807, 2.05) is 42.5 Å². The van der Waals surface area contributed by atoms with Crippen LogP contribution in [0, 0.1) is 6.92 Å². The maximum Gasteiger partial charge on any atom is 0.210 e. The van der Waals surface area contributed by atoms with Crippen LogP contribution in [0.2, 0.25) is 0 Å². The minimum Gasteiger partial charge on any atom is -0.440 e. The summed E-state index contributed by atoms with van der Waals surface area (Å²) in [6, 6.07) is 18.1. The number of hydrogen-bond acceptors (Lipinski definition) is 7. The summed E-state index contributed by atoms with van der Waals surface area (Å²) < 4.78 is 6.69. The van der Waals surface area contributed by atoms with E-state index in [9.17, 15) is 0 Å². The van der Waals surface area contributed by atoms with Gasteiger partial charge in [0.25, 0.3) is 0 Å². The highest BCUT2D eigenvalue weighted by molar-refractivity contribution is 8.00. The first-order valence-electron chi connectivity index (χ1n) is 8.06. The van der Waals surface area contributed by atoms with Crippen molar-refractivity contribution in [1.29, 1.82) is 0 Å². The smallest absolute Gasteiger partial charge is 0.210 e. The van der Waals surface area contributed by atoms with Crippen LogP contribution in [0.3, 0.4) is 0 Å². The van der Waals surface area contributed by atoms with Crippen LogP contribution in [0.1, 0.15) is 11.5 Å². The number of nitrogens with zero attached hydrogens (tertiary/aromatic N) is 3. The Kier molecular flexibility index (Phi) is 4.99. The first-order chi connectivity index (χ1) is 12.8. The van der Waals surface area contributed by atoms with Crippen LogP contribution in [-0.4, -0.2) is 15.2 Å². The molecule has 4 rings (SSSR count). The van der Waals surface area contributed by atoms with Gasteiger partial charge in [-0.25, -0.2) is 4.98 Å². The molecule has 7 heteroatoms. The number of nitrogens with one attached hydrogen (secondary N) is 1. The molecular weight excluding hydrogens is 364 g/mol. The first-order valence-corrected chi connectivity index (χ1v) is 9.86. The van der Waals surface area contributed by atoms with Crippen molar-refractivity contribution in [3.8, 4) is 11.3 Å². The largest absolute Gasteiger partial charge is 0.440 e. The number of rotatable bonds is 6. The Morgan fingerprint density at radius 1 is 1.04 bits per heavy atom. The number of benzene rings is 2. The van der Waals surface area contributed by atoms with E-state index < -0.39 is 0 Å². The van der Waals surface area contributed by atoms with Crippen molar-refractivity contribution in [3.63, 3.8) is 0 Å². The summed E-state index contributed by atoms with van der Waals surface area (Å²) in [4.78, 5) is 4.34. The van der Waals surface area contributed by atoms with E-state index in [0.29, 0.717) is 11.6 Å². The van der Waals surface area contributed by atoms with Crippen molar-refractivity contribution in [3.05, 3.63) is 72.2 Å². The Bertz CT molecular complexity index is 980. The molecule has 0 aliphatic heterocycles. The van der Waals surface area contributed by atoms with E-state index in [4.69, 9.17) is 4.42 Å². The molecule has 130 valence electrons. The molecule has 5 nitrogen and oxygen atoms in total. The van der Waals surface area contributed by atoms with Crippen molar-refractivity contribution in [2.75, 3.05) is 5.32 Å². The number of oxazole rings is 1. The van der Waals surface area contributed by atoms with Crippen LogP contribution in [0.4, 0.5) is 10.8 Å². The predicted octanol–water partition coefficient (Wildman–Crippen LogP) is 5.54. The van der Waals surface area contributed by atoms with Crippen LogP contribution in [0.5, 0.6) is 0 Å². The zero-order chi connectivity index (χ0) is 17.8. The van der Waals surface area contributed by atoms with Crippen LogP contribution in [0.25, 0.3) is 11.3 Å². The molecule has 0 saturated carbocycles. The molecule has 0 aliphatic rings. The summed E-state index contributed by atoms with van der Waals surface area (Å²) >= 11 is 3.08. The summed E-state index contributed by atoms with van der Waals surface area (Å²) in [6.45, 7) is 2.06. The van der Waals surface area contributed by atoms with Gasteiger partial charge in [-0.3, -0.25) is 0 Å². The van der Waals surface area contributed by atoms with Crippen molar-refractivity contribution in [1.82, 2.24) is 15.2 Å². The molecule has 2 aromatic carbocycles. The zero-order valence-corrected chi connectivity index (χ0v) is 15.7. The SMILES string of the molecule is Cc1ccc(Nc2nnc(SCc3ncc(-c4ccccc4)o3)s2)cc1. The Labute approximate surface area is 159 Å². The standard InChI is InChI=1S/C19H16N4OS2/c1-13-7-9-15(10-8-13)21-18-22-23-19(26-18)25-12-17-20-11-16(24-17)14-5-3-2-4-6-14/h2-11H,12H2,1H3,(H,21,22). The average molecular weight is 380 g/mol. The van der Waals surface area contributed by atoms with Gasteiger partial charge in [0, 0.05) is 11.3 Å². The maximum absolute atomic E-state index is 5.81. The molecule has 4 aromatic rings. The van der Waals surface area contributed by atoms with Gasteiger partial charge in [0.05, 0.1) is 11.9 Å². The van der Waals surface area contributed by atoms with Gasteiger partial charge in [-0.15, -0.1) is 10.2 Å². The lowest BCUT2D eigenvalue weighted by molar-refractivity contribution is 0.530. The average Bonchev–Trinajstić information content (AvgIpc) is 3.32. The normalized spacial score (nSPS) is 10.8. The van der Waals surface area contributed by atoms with Crippen molar-refractivity contribution >= 4 is 33.9 Å². The Morgan fingerprint density at radius 3 is 2.65 bits per heavy atom. The molecule has 1 N–H and O–H groups in total. The quantitative estimate of drug-likeness (QED) is 0.443. The highest BCUT2D eigenvalue weighted by Crippen LogP contribution is 2.30. The summed E-state index contributed by atoms with van der Waals surface area (Å²) in [6.07, 6.45) is 1.76. The second-order valence-electron chi connectivity index (χ2n) is 5.64. The summed E-state index contributed by atoms with van der Waals surface area (Å²) in [5.41, 5.74) is 3.25. The lowest BCUT2D eigenvalue weighted by Crippen LogP contribution is -1.88. The maximum atomic E-state index is 5.81. The van der Waals surface area contributed by atoms with Gasteiger partial charge in [0.15, 0.2) is 10.1 Å². The lowest BCUT2D eigenvalue weighted by Gasteiger charge is -2.01. The minimum absolute atomic E-state index is 0.617. The fourth-order valence-corrected chi connectivity index (χ4v) is 3.94. The monoisotopic (exact) mass is 380 g/mol. The molecule has 2 heterocycles. The molecular formula is C19H16N4OS2. The summed E-state index contributed by atoms with van der Waals surface area (Å²) in [5.74, 6) is 2.07. The third kappa shape index (κ3) is 4.12. The number of thioether (sulfide) groups is 1. The molecule has 0 spiro atoms. The second kappa shape index (κ2) is 7.72. The third-order valence-electron chi connectivity index (χ3n) is 3.64. The number of aromatic nitrogens is 3.